The van der Waals surface area contributed by atoms with Crippen molar-refractivity contribution in [3.05, 3.63) is 24.3 Å². The summed E-state index contributed by atoms with van der Waals surface area (Å²) < 4.78 is 0. The smallest absolute Gasteiger partial charge is 0.0808 e. The Morgan fingerprint density at radius 2 is 1.73 bits per heavy atom. The minimum atomic E-state index is -0.500. The zero-order valence-corrected chi connectivity index (χ0v) is 7.07. The Hall–Kier alpha value is -0.600. The molecule has 0 saturated carbocycles. The van der Waals surface area contributed by atoms with Crippen LogP contribution in [-0.4, -0.2) is 22.9 Å². The number of rotatable bonds is 1. The quantitative estimate of drug-likeness (QED) is 0.597. The highest BCUT2D eigenvalue weighted by atomic mass is 16.3. The lowest BCUT2D eigenvalue weighted by atomic mass is 9.99. The molecule has 64 valence electrons. The second kappa shape index (κ2) is 6.13. The van der Waals surface area contributed by atoms with Gasteiger partial charge in [-0.15, -0.1) is 0 Å². The van der Waals surface area contributed by atoms with E-state index in [-0.39, 0.29) is 12.5 Å². The number of hydrogen-bond donors (Lipinski definition) is 2. The van der Waals surface area contributed by atoms with Gasteiger partial charge in [0.1, 0.15) is 0 Å². The number of aliphatic hydroxyl groups is 2. The van der Waals surface area contributed by atoms with Crippen molar-refractivity contribution >= 4 is 0 Å². The van der Waals surface area contributed by atoms with Gasteiger partial charge in [0.05, 0.1) is 12.7 Å². The van der Waals surface area contributed by atoms with Crippen molar-refractivity contribution in [3.8, 4) is 0 Å². The molecule has 0 radical (unpaired) electrons. The van der Waals surface area contributed by atoms with Crippen molar-refractivity contribution in [1.29, 1.82) is 0 Å². The van der Waals surface area contributed by atoms with Crippen molar-refractivity contribution in [2.45, 2.75) is 20.0 Å². The Morgan fingerprint density at radius 1 is 1.18 bits per heavy atom. The van der Waals surface area contributed by atoms with E-state index in [1.165, 1.54) is 0 Å². The molecule has 11 heavy (non-hydrogen) atoms. The van der Waals surface area contributed by atoms with Crippen LogP contribution in [0, 0.1) is 5.92 Å². The molecule has 2 heteroatoms. The molecule has 2 unspecified atom stereocenters. The van der Waals surface area contributed by atoms with E-state index in [1.807, 2.05) is 19.9 Å². The third-order valence-corrected chi connectivity index (χ3v) is 1.43. The zero-order chi connectivity index (χ0) is 8.69. The predicted octanol–water partition coefficient (Wildman–Crippen LogP) is 1.11. The Labute approximate surface area is 67.9 Å². The molecule has 2 nitrogen and oxygen atoms in total. The van der Waals surface area contributed by atoms with E-state index in [2.05, 4.69) is 0 Å². The molecule has 0 aromatic heterocycles. The van der Waals surface area contributed by atoms with Crippen LogP contribution in [0.15, 0.2) is 24.3 Å². The van der Waals surface area contributed by atoms with Crippen LogP contribution in [0.2, 0.25) is 0 Å². The normalized spacial score (nSPS) is 27.6. The highest BCUT2D eigenvalue weighted by molar-refractivity contribution is 5.14. The van der Waals surface area contributed by atoms with Crippen LogP contribution >= 0.6 is 0 Å². The predicted molar refractivity (Wildman–Crippen MR) is 46.2 cm³/mol. The number of aliphatic hydroxyl groups excluding tert-OH is 2. The highest BCUT2D eigenvalue weighted by Gasteiger charge is 2.13. The van der Waals surface area contributed by atoms with Crippen molar-refractivity contribution in [2.75, 3.05) is 6.61 Å². The van der Waals surface area contributed by atoms with E-state index in [4.69, 9.17) is 10.2 Å². The summed E-state index contributed by atoms with van der Waals surface area (Å²) in [4.78, 5) is 0. The molecule has 0 spiro atoms. The summed E-state index contributed by atoms with van der Waals surface area (Å²) in [5.74, 6) is -0.102. The van der Waals surface area contributed by atoms with Crippen LogP contribution < -0.4 is 0 Å². The zero-order valence-electron chi connectivity index (χ0n) is 7.07. The molecule has 0 bridgehead atoms. The van der Waals surface area contributed by atoms with Crippen molar-refractivity contribution in [2.24, 2.45) is 5.92 Å². The minimum Gasteiger partial charge on any atom is -0.396 e. The second-order valence-electron chi connectivity index (χ2n) is 2.11. The highest BCUT2D eigenvalue weighted by Crippen LogP contribution is 2.10. The van der Waals surface area contributed by atoms with Gasteiger partial charge in [0.25, 0.3) is 0 Å². The maximum atomic E-state index is 9.07. The van der Waals surface area contributed by atoms with Crippen molar-refractivity contribution in [1.82, 2.24) is 0 Å². The molecular formula is C9H16O2. The first-order valence-electron chi connectivity index (χ1n) is 3.98. The van der Waals surface area contributed by atoms with Gasteiger partial charge in [-0.25, -0.2) is 0 Å². The fourth-order valence-electron chi connectivity index (χ4n) is 0.810. The molecular weight excluding hydrogens is 140 g/mol. The summed E-state index contributed by atoms with van der Waals surface area (Å²) in [7, 11) is 0. The third kappa shape index (κ3) is 3.35. The van der Waals surface area contributed by atoms with Gasteiger partial charge in [-0.1, -0.05) is 38.2 Å². The molecule has 0 fully saturated rings. The van der Waals surface area contributed by atoms with Crippen LogP contribution in [0.1, 0.15) is 13.8 Å². The lowest BCUT2D eigenvalue weighted by Crippen LogP contribution is -2.20. The monoisotopic (exact) mass is 156 g/mol. The molecule has 0 aromatic rings. The largest absolute Gasteiger partial charge is 0.396 e. The Morgan fingerprint density at radius 3 is 2.09 bits per heavy atom. The molecule has 0 saturated heterocycles. The van der Waals surface area contributed by atoms with Gasteiger partial charge in [-0.2, -0.15) is 0 Å². The van der Waals surface area contributed by atoms with Gasteiger partial charge in [0.2, 0.25) is 0 Å². The summed E-state index contributed by atoms with van der Waals surface area (Å²) in [5, 5.41) is 17.7. The van der Waals surface area contributed by atoms with E-state index in [0.717, 1.165) is 0 Å². The summed E-state index contributed by atoms with van der Waals surface area (Å²) in [5.41, 5.74) is 0. The average Bonchev–Trinajstić information content (AvgIpc) is 2.09. The maximum Gasteiger partial charge on any atom is 0.0808 e. The SMILES string of the molecule is CC.OCC1C=CC=CC1O. The van der Waals surface area contributed by atoms with Gasteiger partial charge in [-0.3, -0.25) is 0 Å². The first-order valence-corrected chi connectivity index (χ1v) is 3.98. The fourth-order valence-corrected chi connectivity index (χ4v) is 0.810. The summed E-state index contributed by atoms with van der Waals surface area (Å²) in [6.07, 6.45) is 6.57. The third-order valence-electron chi connectivity index (χ3n) is 1.43. The second-order valence-corrected chi connectivity index (χ2v) is 2.11. The Kier molecular flexibility index (Phi) is 5.80. The van der Waals surface area contributed by atoms with Crippen LogP contribution in [0.25, 0.3) is 0 Å². The first-order chi connectivity index (χ1) is 5.34. The Balaban J connectivity index is 0.000000461. The van der Waals surface area contributed by atoms with Gasteiger partial charge in [0, 0.05) is 5.92 Å². The molecule has 2 N–H and O–H groups in total. The first kappa shape index (κ1) is 10.4. The summed E-state index contributed by atoms with van der Waals surface area (Å²) in [6, 6.07) is 0. The molecule has 2 atom stereocenters. The molecule has 1 rings (SSSR count). The molecule has 1 aliphatic rings. The van der Waals surface area contributed by atoms with Crippen LogP contribution in [0.3, 0.4) is 0 Å². The maximum absolute atomic E-state index is 9.07. The van der Waals surface area contributed by atoms with E-state index in [1.54, 1.807) is 18.2 Å². The molecule has 0 aromatic carbocycles. The standard InChI is InChI=1S/C7H10O2.C2H6/c8-5-6-3-1-2-4-7(6)9;1-2/h1-4,6-9H,5H2;1-2H3. The molecule has 0 aliphatic heterocycles. The fraction of sp³-hybridized carbons (Fsp3) is 0.556. The van der Waals surface area contributed by atoms with Gasteiger partial charge >= 0.3 is 0 Å². The molecule has 0 amide bonds. The van der Waals surface area contributed by atoms with Crippen LogP contribution in [-0.2, 0) is 0 Å². The molecule has 1 aliphatic carbocycles. The number of hydrogen-bond acceptors (Lipinski definition) is 2. The van der Waals surface area contributed by atoms with E-state index >= 15 is 0 Å². The summed E-state index contributed by atoms with van der Waals surface area (Å²) in [6.45, 7) is 4.02. The van der Waals surface area contributed by atoms with Gasteiger partial charge in [0.15, 0.2) is 0 Å². The van der Waals surface area contributed by atoms with E-state index in [9.17, 15) is 0 Å². The van der Waals surface area contributed by atoms with E-state index in [0.29, 0.717) is 0 Å². The van der Waals surface area contributed by atoms with E-state index < -0.39 is 6.10 Å². The Bertz CT molecular complexity index is 138. The van der Waals surface area contributed by atoms with Crippen molar-refractivity contribution < 1.29 is 10.2 Å². The van der Waals surface area contributed by atoms with Gasteiger partial charge < -0.3 is 10.2 Å². The minimum absolute atomic E-state index is 0.0159. The average molecular weight is 156 g/mol. The lowest BCUT2D eigenvalue weighted by Gasteiger charge is -2.15. The van der Waals surface area contributed by atoms with Crippen LogP contribution in [0.4, 0.5) is 0 Å². The van der Waals surface area contributed by atoms with Crippen molar-refractivity contribution in [3.63, 3.8) is 0 Å². The van der Waals surface area contributed by atoms with Crippen LogP contribution in [0.5, 0.6) is 0 Å². The summed E-state index contributed by atoms with van der Waals surface area (Å²) >= 11 is 0. The lowest BCUT2D eigenvalue weighted by molar-refractivity contribution is 0.125. The topological polar surface area (TPSA) is 40.5 Å². The van der Waals surface area contributed by atoms with Gasteiger partial charge in [-0.05, 0) is 0 Å². The molecule has 0 heterocycles. The number of allylic oxidation sites excluding steroid dienone is 2.